The summed E-state index contributed by atoms with van der Waals surface area (Å²) in [4.78, 5) is 0. The average molecular weight is 214 g/mol. The summed E-state index contributed by atoms with van der Waals surface area (Å²) in [5.74, 6) is 0.606. The van der Waals surface area contributed by atoms with Gasteiger partial charge in [0, 0.05) is 0 Å². The fourth-order valence-corrected chi connectivity index (χ4v) is 2.43. The molecule has 1 atom stereocenters. The van der Waals surface area contributed by atoms with Crippen LogP contribution >= 0.6 is 0 Å². The maximum Gasteiger partial charge on any atom is 0.0905 e. The smallest absolute Gasteiger partial charge is 0.0905 e. The van der Waals surface area contributed by atoms with Crippen LogP contribution in [0.25, 0.3) is 0 Å². The minimum Gasteiger partial charge on any atom is -0.390 e. The standard InChI is InChI=1S/C13H26O2/c1-11(2)7-8-12(14)13(15)9-5-3-4-6-10-13/h11-12,14-15H,3-10H2,1-2H3. The summed E-state index contributed by atoms with van der Waals surface area (Å²) in [5.41, 5.74) is -0.786. The first-order valence-electron chi connectivity index (χ1n) is 6.45. The second kappa shape index (κ2) is 5.86. The third-order valence-corrected chi connectivity index (χ3v) is 3.61. The van der Waals surface area contributed by atoms with Crippen molar-refractivity contribution in [3.05, 3.63) is 0 Å². The van der Waals surface area contributed by atoms with E-state index in [-0.39, 0.29) is 0 Å². The van der Waals surface area contributed by atoms with Crippen LogP contribution in [0.5, 0.6) is 0 Å². The molecule has 1 fully saturated rings. The second-order valence-electron chi connectivity index (χ2n) is 5.50. The molecule has 1 saturated carbocycles. The lowest BCUT2D eigenvalue weighted by atomic mass is 9.85. The van der Waals surface area contributed by atoms with Gasteiger partial charge in [-0.1, -0.05) is 39.5 Å². The van der Waals surface area contributed by atoms with Crippen molar-refractivity contribution in [2.45, 2.75) is 76.9 Å². The van der Waals surface area contributed by atoms with Crippen molar-refractivity contribution in [1.29, 1.82) is 0 Å². The van der Waals surface area contributed by atoms with Crippen LogP contribution in [0, 0.1) is 5.92 Å². The Kier molecular flexibility index (Phi) is 5.07. The fourth-order valence-electron chi connectivity index (χ4n) is 2.43. The minimum atomic E-state index is -0.786. The molecular weight excluding hydrogens is 188 g/mol. The molecule has 2 heteroatoms. The number of aliphatic hydroxyl groups is 2. The van der Waals surface area contributed by atoms with Gasteiger partial charge in [-0.2, -0.15) is 0 Å². The van der Waals surface area contributed by atoms with Crippen LogP contribution in [0.4, 0.5) is 0 Å². The van der Waals surface area contributed by atoms with Crippen LogP contribution < -0.4 is 0 Å². The van der Waals surface area contributed by atoms with Gasteiger partial charge >= 0.3 is 0 Å². The van der Waals surface area contributed by atoms with E-state index in [4.69, 9.17) is 0 Å². The monoisotopic (exact) mass is 214 g/mol. The Hall–Kier alpha value is -0.0800. The first kappa shape index (κ1) is 13.0. The lowest BCUT2D eigenvalue weighted by Gasteiger charge is -2.32. The summed E-state index contributed by atoms with van der Waals surface area (Å²) in [5, 5.41) is 20.4. The molecular formula is C13H26O2. The largest absolute Gasteiger partial charge is 0.390 e. The molecule has 15 heavy (non-hydrogen) atoms. The van der Waals surface area contributed by atoms with Gasteiger partial charge < -0.3 is 10.2 Å². The zero-order chi connectivity index (χ0) is 11.3. The molecule has 0 aromatic rings. The molecule has 0 aromatic heterocycles. The third-order valence-electron chi connectivity index (χ3n) is 3.61. The SMILES string of the molecule is CC(C)CCC(O)C1(O)CCCCCC1. The second-order valence-corrected chi connectivity index (χ2v) is 5.50. The molecule has 0 spiro atoms. The van der Waals surface area contributed by atoms with Crippen LogP contribution in [0.3, 0.4) is 0 Å². The van der Waals surface area contributed by atoms with E-state index in [1.807, 2.05) is 0 Å². The summed E-state index contributed by atoms with van der Waals surface area (Å²) in [6, 6.07) is 0. The zero-order valence-corrected chi connectivity index (χ0v) is 10.2. The van der Waals surface area contributed by atoms with Gasteiger partial charge in [-0.15, -0.1) is 0 Å². The molecule has 1 unspecified atom stereocenters. The van der Waals surface area contributed by atoms with Gasteiger partial charge in [-0.3, -0.25) is 0 Å². The summed E-state index contributed by atoms with van der Waals surface area (Å²) in [6.45, 7) is 4.31. The summed E-state index contributed by atoms with van der Waals surface area (Å²) >= 11 is 0. The highest BCUT2D eigenvalue weighted by molar-refractivity contribution is 4.88. The normalized spacial score (nSPS) is 23.8. The van der Waals surface area contributed by atoms with Gasteiger partial charge in [0.15, 0.2) is 0 Å². The summed E-state index contributed by atoms with van der Waals surface area (Å²) in [7, 11) is 0. The summed E-state index contributed by atoms with van der Waals surface area (Å²) < 4.78 is 0. The molecule has 0 amide bonds. The predicted octanol–water partition coefficient (Wildman–Crippen LogP) is 2.87. The Bertz CT molecular complexity index is 169. The summed E-state index contributed by atoms with van der Waals surface area (Å²) in [6.07, 6.45) is 7.34. The molecule has 0 bridgehead atoms. The molecule has 1 rings (SSSR count). The maximum atomic E-state index is 10.4. The Morgan fingerprint density at radius 2 is 1.53 bits per heavy atom. The fraction of sp³-hybridized carbons (Fsp3) is 1.00. The van der Waals surface area contributed by atoms with E-state index in [0.29, 0.717) is 5.92 Å². The van der Waals surface area contributed by atoms with E-state index in [1.165, 1.54) is 12.8 Å². The van der Waals surface area contributed by atoms with Gasteiger partial charge in [0.2, 0.25) is 0 Å². The van der Waals surface area contributed by atoms with Crippen LogP contribution in [-0.2, 0) is 0 Å². The Labute approximate surface area is 93.7 Å². The van der Waals surface area contributed by atoms with Gasteiger partial charge in [0.05, 0.1) is 11.7 Å². The minimum absolute atomic E-state index is 0.516. The number of rotatable bonds is 4. The van der Waals surface area contributed by atoms with E-state index >= 15 is 0 Å². The van der Waals surface area contributed by atoms with Crippen molar-refractivity contribution in [2.75, 3.05) is 0 Å². The highest BCUT2D eigenvalue weighted by atomic mass is 16.3. The van der Waals surface area contributed by atoms with Gasteiger partial charge in [-0.25, -0.2) is 0 Å². The lowest BCUT2D eigenvalue weighted by Crippen LogP contribution is -2.41. The highest BCUT2D eigenvalue weighted by Crippen LogP contribution is 2.32. The van der Waals surface area contributed by atoms with E-state index in [9.17, 15) is 10.2 Å². The molecule has 1 aliphatic rings. The van der Waals surface area contributed by atoms with E-state index < -0.39 is 11.7 Å². The van der Waals surface area contributed by atoms with E-state index in [0.717, 1.165) is 38.5 Å². The molecule has 90 valence electrons. The molecule has 2 nitrogen and oxygen atoms in total. The first-order valence-corrected chi connectivity index (χ1v) is 6.45. The van der Waals surface area contributed by atoms with Crippen molar-refractivity contribution in [3.8, 4) is 0 Å². The Morgan fingerprint density at radius 3 is 2.00 bits per heavy atom. The van der Waals surface area contributed by atoms with Crippen molar-refractivity contribution in [1.82, 2.24) is 0 Å². The van der Waals surface area contributed by atoms with Crippen LogP contribution in [-0.4, -0.2) is 21.9 Å². The maximum absolute atomic E-state index is 10.4. The average Bonchev–Trinajstić information content (AvgIpc) is 2.40. The zero-order valence-electron chi connectivity index (χ0n) is 10.2. The van der Waals surface area contributed by atoms with Gasteiger partial charge in [-0.05, 0) is 31.6 Å². The Morgan fingerprint density at radius 1 is 1.00 bits per heavy atom. The van der Waals surface area contributed by atoms with Crippen LogP contribution in [0.1, 0.15) is 65.2 Å². The molecule has 0 saturated heterocycles. The molecule has 0 radical (unpaired) electrons. The molecule has 1 aliphatic carbocycles. The topological polar surface area (TPSA) is 40.5 Å². The van der Waals surface area contributed by atoms with Crippen LogP contribution in [0.2, 0.25) is 0 Å². The number of aliphatic hydroxyl groups excluding tert-OH is 1. The van der Waals surface area contributed by atoms with E-state index in [1.54, 1.807) is 0 Å². The van der Waals surface area contributed by atoms with Crippen molar-refractivity contribution in [3.63, 3.8) is 0 Å². The first-order chi connectivity index (χ1) is 7.04. The molecule has 0 heterocycles. The predicted molar refractivity (Wildman–Crippen MR) is 62.7 cm³/mol. The molecule has 0 aromatic carbocycles. The lowest BCUT2D eigenvalue weighted by molar-refractivity contribution is -0.0888. The van der Waals surface area contributed by atoms with Crippen molar-refractivity contribution >= 4 is 0 Å². The number of hydrogen-bond donors (Lipinski definition) is 2. The van der Waals surface area contributed by atoms with Gasteiger partial charge in [0.1, 0.15) is 0 Å². The molecule has 2 N–H and O–H groups in total. The van der Waals surface area contributed by atoms with E-state index in [2.05, 4.69) is 13.8 Å². The number of hydrogen-bond acceptors (Lipinski definition) is 2. The molecule has 0 aliphatic heterocycles. The quantitative estimate of drug-likeness (QED) is 0.706. The Balaban J connectivity index is 2.43. The highest BCUT2D eigenvalue weighted by Gasteiger charge is 2.35. The third kappa shape index (κ3) is 4.12. The van der Waals surface area contributed by atoms with Crippen LogP contribution in [0.15, 0.2) is 0 Å². The van der Waals surface area contributed by atoms with Crippen molar-refractivity contribution < 1.29 is 10.2 Å². The van der Waals surface area contributed by atoms with Gasteiger partial charge in [0.25, 0.3) is 0 Å². The van der Waals surface area contributed by atoms with Crippen molar-refractivity contribution in [2.24, 2.45) is 5.92 Å².